The molecule has 0 fully saturated rings. The van der Waals surface area contributed by atoms with Gasteiger partial charge in [0.2, 0.25) is 0 Å². The molecule has 5 N–H and O–H groups in total. The van der Waals surface area contributed by atoms with Crippen LogP contribution in [0.2, 0.25) is 0 Å². The fourth-order valence-corrected chi connectivity index (χ4v) is 1.59. The zero-order valence-electron chi connectivity index (χ0n) is 8.43. The number of carbonyl (C=O) groups excluding carboxylic acids is 1. The van der Waals surface area contributed by atoms with Crippen molar-refractivity contribution in [2.75, 3.05) is 18.5 Å². The van der Waals surface area contributed by atoms with Gasteiger partial charge in [-0.25, -0.2) is 0 Å². The molecule has 1 aliphatic rings. The number of carbonyl (C=O) groups is 1. The highest BCUT2D eigenvalue weighted by Crippen LogP contribution is 2.38. The molecule has 0 spiro atoms. The minimum Gasteiger partial charge on any atom is -0.508 e. The molecule has 0 saturated carbocycles. The first kappa shape index (κ1) is 10.7. The molecule has 6 nitrogen and oxygen atoms in total. The minimum absolute atomic E-state index is 0.00714. The molecule has 86 valence electrons. The molecule has 1 aliphatic heterocycles. The molecule has 1 amide bonds. The zero-order chi connectivity index (χ0) is 11.7. The molecule has 0 saturated heterocycles. The van der Waals surface area contributed by atoms with E-state index in [0.29, 0.717) is 17.0 Å². The van der Waals surface area contributed by atoms with Crippen LogP contribution >= 0.6 is 0 Å². The smallest absolute Gasteiger partial charge is 0.262 e. The maximum absolute atomic E-state index is 11.1. The second-order valence-electron chi connectivity index (χ2n) is 3.50. The highest BCUT2D eigenvalue weighted by Gasteiger charge is 2.23. The second kappa shape index (κ2) is 3.99. The molecule has 1 heterocycles. The number of fused-ring (bicyclic) bond motifs is 1. The van der Waals surface area contributed by atoms with Crippen molar-refractivity contribution in [3.05, 3.63) is 17.7 Å². The summed E-state index contributed by atoms with van der Waals surface area (Å²) in [4.78, 5) is 11.1. The Kier molecular flexibility index (Phi) is 2.67. The summed E-state index contributed by atoms with van der Waals surface area (Å²) in [6.07, 6.45) is -0.934. The van der Waals surface area contributed by atoms with Gasteiger partial charge in [0.1, 0.15) is 11.5 Å². The average Bonchev–Trinajstić information content (AvgIpc) is 2.26. The minimum atomic E-state index is -0.934. The lowest BCUT2D eigenvalue weighted by molar-refractivity contribution is -0.118. The van der Waals surface area contributed by atoms with Crippen molar-refractivity contribution >= 4 is 11.6 Å². The number of ether oxygens (including phenoxy) is 1. The van der Waals surface area contributed by atoms with E-state index in [-0.39, 0.29) is 24.8 Å². The Morgan fingerprint density at radius 3 is 3.00 bits per heavy atom. The lowest BCUT2D eigenvalue weighted by Crippen LogP contribution is -2.27. The van der Waals surface area contributed by atoms with Crippen LogP contribution in [0.1, 0.15) is 11.7 Å². The number of rotatable bonds is 2. The van der Waals surface area contributed by atoms with Gasteiger partial charge in [-0.05, 0) is 6.07 Å². The van der Waals surface area contributed by atoms with Crippen molar-refractivity contribution in [3.8, 4) is 11.5 Å². The Balaban J connectivity index is 2.49. The summed E-state index contributed by atoms with van der Waals surface area (Å²) in [6, 6.07) is 2.73. The van der Waals surface area contributed by atoms with Gasteiger partial charge < -0.3 is 26.0 Å². The zero-order valence-corrected chi connectivity index (χ0v) is 8.43. The van der Waals surface area contributed by atoms with E-state index in [0.717, 1.165) is 0 Å². The second-order valence-corrected chi connectivity index (χ2v) is 3.50. The van der Waals surface area contributed by atoms with E-state index >= 15 is 0 Å². The topological polar surface area (TPSA) is 105 Å². The van der Waals surface area contributed by atoms with E-state index in [2.05, 4.69) is 5.32 Å². The van der Waals surface area contributed by atoms with Gasteiger partial charge in [0.05, 0.1) is 11.8 Å². The molecule has 0 aliphatic carbocycles. The third-order valence-electron chi connectivity index (χ3n) is 2.31. The molecular formula is C10H12N2O4. The lowest BCUT2D eigenvalue weighted by Gasteiger charge is -2.22. The largest absolute Gasteiger partial charge is 0.508 e. The van der Waals surface area contributed by atoms with Gasteiger partial charge in [-0.3, -0.25) is 4.79 Å². The van der Waals surface area contributed by atoms with Gasteiger partial charge in [0.15, 0.2) is 6.61 Å². The van der Waals surface area contributed by atoms with Crippen molar-refractivity contribution in [3.63, 3.8) is 0 Å². The summed E-state index contributed by atoms with van der Waals surface area (Å²) in [7, 11) is 0. The molecule has 0 bridgehead atoms. The highest BCUT2D eigenvalue weighted by molar-refractivity contribution is 5.96. The van der Waals surface area contributed by atoms with Crippen molar-refractivity contribution < 1.29 is 19.7 Å². The molecule has 1 aromatic carbocycles. The van der Waals surface area contributed by atoms with Gasteiger partial charge in [0.25, 0.3) is 5.91 Å². The van der Waals surface area contributed by atoms with Crippen molar-refractivity contribution in [1.29, 1.82) is 0 Å². The molecule has 2 rings (SSSR count). The summed E-state index contributed by atoms with van der Waals surface area (Å²) in [6.45, 7) is -0.102. The van der Waals surface area contributed by atoms with E-state index in [4.69, 9.17) is 10.5 Å². The van der Waals surface area contributed by atoms with E-state index in [1.54, 1.807) is 0 Å². The number of aliphatic hydroxyl groups is 1. The van der Waals surface area contributed by atoms with Crippen LogP contribution in [-0.4, -0.2) is 29.3 Å². The number of aromatic hydroxyl groups is 1. The van der Waals surface area contributed by atoms with Crippen LogP contribution in [0.3, 0.4) is 0 Å². The van der Waals surface area contributed by atoms with Gasteiger partial charge in [-0.2, -0.15) is 0 Å². The molecule has 1 aromatic rings. The van der Waals surface area contributed by atoms with Crippen molar-refractivity contribution in [1.82, 2.24) is 0 Å². The normalized spacial score (nSPS) is 16.0. The van der Waals surface area contributed by atoms with E-state index < -0.39 is 6.10 Å². The molecule has 1 atom stereocenters. The van der Waals surface area contributed by atoms with E-state index in [1.807, 2.05) is 0 Å². The monoisotopic (exact) mass is 224 g/mol. The Morgan fingerprint density at radius 2 is 2.31 bits per heavy atom. The Bertz CT molecular complexity index is 433. The molecular weight excluding hydrogens is 212 g/mol. The first-order valence-corrected chi connectivity index (χ1v) is 4.79. The third-order valence-corrected chi connectivity index (χ3v) is 2.31. The van der Waals surface area contributed by atoms with Crippen LogP contribution in [0.4, 0.5) is 5.69 Å². The van der Waals surface area contributed by atoms with Gasteiger partial charge in [-0.1, -0.05) is 0 Å². The first-order chi connectivity index (χ1) is 7.61. The fourth-order valence-electron chi connectivity index (χ4n) is 1.59. The summed E-state index contributed by atoms with van der Waals surface area (Å²) in [5, 5.41) is 21.6. The lowest BCUT2D eigenvalue weighted by atomic mass is 10.1. The number of nitrogens with one attached hydrogen (secondary N) is 1. The van der Waals surface area contributed by atoms with E-state index in [9.17, 15) is 15.0 Å². The van der Waals surface area contributed by atoms with Gasteiger partial charge in [0, 0.05) is 18.2 Å². The Hall–Kier alpha value is -1.79. The SMILES string of the molecule is NC[C@@H](O)c1cc(O)cc2c1OCC(=O)N2. The quantitative estimate of drug-likeness (QED) is 0.552. The predicted molar refractivity (Wildman–Crippen MR) is 56.2 cm³/mol. The van der Waals surface area contributed by atoms with Crippen LogP contribution in [0.5, 0.6) is 11.5 Å². The average molecular weight is 224 g/mol. The number of aliphatic hydroxyl groups excluding tert-OH is 1. The standard InChI is InChI=1S/C10H12N2O4/c11-3-8(14)6-1-5(13)2-7-10(6)16-4-9(15)12-7/h1-2,8,13-14H,3-4,11H2,(H,12,15)/t8-/m1/s1. The third kappa shape index (κ3) is 1.80. The number of nitrogens with two attached hydrogens (primary N) is 1. The summed E-state index contributed by atoms with van der Waals surface area (Å²) >= 11 is 0. The van der Waals surface area contributed by atoms with Crippen LogP contribution in [0, 0.1) is 0 Å². The number of phenols is 1. The van der Waals surface area contributed by atoms with Gasteiger partial charge in [-0.15, -0.1) is 0 Å². The number of amides is 1. The van der Waals surface area contributed by atoms with E-state index in [1.165, 1.54) is 12.1 Å². The Labute approximate surface area is 91.6 Å². The maximum Gasteiger partial charge on any atom is 0.262 e. The number of hydrogen-bond acceptors (Lipinski definition) is 5. The van der Waals surface area contributed by atoms with Gasteiger partial charge >= 0.3 is 0 Å². The van der Waals surface area contributed by atoms with Crippen molar-refractivity contribution in [2.24, 2.45) is 5.73 Å². The highest BCUT2D eigenvalue weighted by atomic mass is 16.5. The van der Waals surface area contributed by atoms with Crippen LogP contribution in [-0.2, 0) is 4.79 Å². The number of benzene rings is 1. The fraction of sp³-hybridized carbons (Fsp3) is 0.300. The summed E-state index contributed by atoms with van der Waals surface area (Å²) in [5.41, 5.74) is 6.06. The van der Waals surface area contributed by atoms with Crippen LogP contribution < -0.4 is 15.8 Å². The van der Waals surface area contributed by atoms with Crippen LogP contribution in [0.15, 0.2) is 12.1 Å². The number of phenolic OH excluding ortho intramolecular Hbond substituents is 1. The first-order valence-electron chi connectivity index (χ1n) is 4.79. The molecule has 0 radical (unpaired) electrons. The molecule has 16 heavy (non-hydrogen) atoms. The summed E-state index contributed by atoms with van der Waals surface area (Å²) < 4.78 is 5.21. The molecule has 0 unspecified atom stereocenters. The van der Waals surface area contributed by atoms with Crippen molar-refractivity contribution in [2.45, 2.75) is 6.10 Å². The Morgan fingerprint density at radius 1 is 1.56 bits per heavy atom. The maximum atomic E-state index is 11.1. The van der Waals surface area contributed by atoms with Crippen LogP contribution in [0.25, 0.3) is 0 Å². The molecule has 6 heteroatoms. The predicted octanol–water partition coefficient (Wildman–Crippen LogP) is -0.285. The molecule has 0 aromatic heterocycles. The number of hydrogen-bond donors (Lipinski definition) is 4. The summed E-state index contributed by atoms with van der Waals surface area (Å²) in [5.74, 6) is -0.00584. The number of anilines is 1.